The molecule has 2 amide bonds. The van der Waals surface area contributed by atoms with Crippen molar-refractivity contribution in [3.8, 4) is 22.8 Å². The number of anilines is 2. The third-order valence-electron chi connectivity index (χ3n) is 5.63. The lowest BCUT2D eigenvalue weighted by molar-refractivity contribution is -0.122. The number of alkyl halides is 3. The molecule has 1 saturated heterocycles. The molecule has 2 heterocycles. The van der Waals surface area contributed by atoms with E-state index in [-0.39, 0.29) is 28.3 Å². The summed E-state index contributed by atoms with van der Waals surface area (Å²) in [7, 11) is -3.59. The largest absolute Gasteiger partial charge is 0.405 e. The van der Waals surface area contributed by atoms with E-state index in [1.165, 1.54) is 18.2 Å². The molecule has 2 N–H and O–H groups in total. The molecule has 10 nitrogen and oxygen atoms in total. The van der Waals surface area contributed by atoms with Gasteiger partial charge in [-0.15, -0.1) is 0 Å². The van der Waals surface area contributed by atoms with E-state index in [9.17, 15) is 26.4 Å². The lowest BCUT2D eigenvalue weighted by atomic mass is 10.1. The quantitative estimate of drug-likeness (QED) is 0.478. The summed E-state index contributed by atoms with van der Waals surface area (Å²) in [5.41, 5.74) is 1.10. The zero-order chi connectivity index (χ0) is 27.5. The highest BCUT2D eigenvalue weighted by molar-refractivity contribution is 7.90. The molecule has 1 aliphatic heterocycles. The van der Waals surface area contributed by atoms with Crippen molar-refractivity contribution in [2.75, 3.05) is 42.8 Å². The van der Waals surface area contributed by atoms with E-state index < -0.39 is 28.6 Å². The molecule has 1 fully saturated rings. The minimum atomic E-state index is -4.52. The number of amides is 2. The number of hydrogen-bond acceptors (Lipinski definition) is 8. The Hall–Kier alpha value is -3.78. The third-order valence-corrected chi connectivity index (χ3v) is 6.78. The number of benzene rings is 2. The Kier molecular flexibility index (Phi) is 7.83. The highest BCUT2D eigenvalue weighted by Gasteiger charge is 2.28. The minimum Gasteiger partial charge on any atom is -0.377 e. The molecule has 3 aromatic rings. The Bertz CT molecular complexity index is 1420. The van der Waals surface area contributed by atoms with Crippen LogP contribution in [0.1, 0.15) is 6.92 Å². The zero-order valence-corrected chi connectivity index (χ0v) is 21.3. The topological polar surface area (TPSA) is 126 Å². The fraction of sp³-hybridized carbons (Fsp3) is 0.333. The van der Waals surface area contributed by atoms with Gasteiger partial charge in [0.25, 0.3) is 0 Å². The van der Waals surface area contributed by atoms with E-state index in [2.05, 4.69) is 20.3 Å². The summed E-state index contributed by atoms with van der Waals surface area (Å²) < 4.78 is 67.4. The Balaban J connectivity index is 1.70. The van der Waals surface area contributed by atoms with Crippen molar-refractivity contribution in [2.45, 2.75) is 24.0 Å². The van der Waals surface area contributed by atoms with E-state index in [1.54, 1.807) is 35.6 Å². The van der Waals surface area contributed by atoms with Crippen LogP contribution in [0.3, 0.4) is 0 Å². The lowest BCUT2D eigenvalue weighted by Gasteiger charge is -2.33. The number of nitrogens with one attached hydrogen (secondary N) is 2. The predicted octanol–water partition coefficient (Wildman–Crippen LogP) is 3.52. The fourth-order valence-electron chi connectivity index (χ4n) is 3.80. The molecule has 1 atom stereocenters. The average Bonchev–Trinajstić information content (AvgIpc) is 2.87. The first-order valence-electron chi connectivity index (χ1n) is 11.5. The van der Waals surface area contributed by atoms with Crippen LogP contribution in [0.4, 0.5) is 29.6 Å². The molecule has 14 heteroatoms. The van der Waals surface area contributed by atoms with Gasteiger partial charge in [-0.1, -0.05) is 12.1 Å². The van der Waals surface area contributed by atoms with Gasteiger partial charge < -0.3 is 20.3 Å². The van der Waals surface area contributed by atoms with Gasteiger partial charge in [0.1, 0.15) is 6.54 Å². The van der Waals surface area contributed by atoms with Crippen LogP contribution >= 0.6 is 0 Å². The van der Waals surface area contributed by atoms with Crippen LogP contribution < -0.4 is 15.5 Å². The van der Waals surface area contributed by atoms with Gasteiger partial charge in [0.2, 0.25) is 5.95 Å². The standard InChI is InChI=1S/C24H25F3N6O4S/c1-15-13-37-12-11-33(15)22-31-20(30-21(32-22)18-5-3-4-6-19(18)38(2,35)36)16-7-9-17(10-8-16)29-23(34)28-14-24(25,26)27/h3-10,15H,11-14H2,1-2H3,(H2,28,29,34). The van der Waals surface area contributed by atoms with Crippen LogP contribution in [0, 0.1) is 0 Å². The van der Waals surface area contributed by atoms with Gasteiger partial charge in [0.15, 0.2) is 21.5 Å². The van der Waals surface area contributed by atoms with Gasteiger partial charge >= 0.3 is 12.2 Å². The van der Waals surface area contributed by atoms with E-state index in [1.807, 2.05) is 11.8 Å². The van der Waals surface area contributed by atoms with Crippen molar-refractivity contribution < 1.29 is 31.1 Å². The minimum absolute atomic E-state index is 0.0428. The highest BCUT2D eigenvalue weighted by atomic mass is 32.2. The summed E-state index contributed by atoms with van der Waals surface area (Å²) in [6.07, 6.45) is -3.42. The number of halogens is 3. The van der Waals surface area contributed by atoms with Crippen molar-refractivity contribution in [2.24, 2.45) is 0 Å². The number of urea groups is 1. The molecule has 1 unspecified atom stereocenters. The molecule has 1 aromatic heterocycles. The van der Waals surface area contributed by atoms with Crippen molar-refractivity contribution >= 4 is 27.5 Å². The first-order valence-corrected chi connectivity index (χ1v) is 13.4. The first kappa shape index (κ1) is 27.3. The summed E-state index contributed by atoms with van der Waals surface area (Å²) in [5.74, 6) is 0.761. The number of morpholine rings is 1. The zero-order valence-electron chi connectivity index (χ0n) is 20.5. The van der Waals surface area contributed by atoms with Gasteiger partial charge in [-0.3, -0.25) is 0 Å². The summed E-state index contributed by atoms with van der Waals surface area (Å²) in [4.78, 5) is 27.5. The molecule has 0 saturated carbocycles. The van der Waals surface area contributed by atoms with Crippen molar-refractivity contribution in [3.05, 3.63) is 48.5 Å². The van der Waals surface area contributed by atoms with Crippen LogP contribution in [0.5, 0.6) is 0 Å². The number of rotatable bonds is 6. The molecule has 0 bridgehead atoms. The molecular formula is C24H25F3N6O4S. The van der Waals surface area contributed by atoms with Gasteiger partial charge in [-0.2, -0.15) is 23.1 Å². The van der Waals surface area contributed by atoms with Crippen LogP contribution in [0.15, 0.2) is 53.4 Å². The number of ether oxygens (including phenoxy) is 1. The Labute approximate surface area is 217 Å². The molecule has 4 rings (SSSR count). The number of carbonyl (C=O) groups is 1. The molecule has 38 heavy (non-hydrogen) atoms. The molecular weight excluding hydrogens is 525 g/mol. The number of hydrogen-bond donors (Lipinski definition) is 2. The molecule has 0 aliphatic carbocycles. The van der Waals surface area contributed by atoms with Crippen LogP contribution in [0.25, 0.3) is 22.8 Å². The number of aromatic nitrogens is 3. The Morgan fingerprint density at radius 2 is 1.76 bits per heavy atom. The van der Waals surface area contributed by atoms with Crippen molar-refractivity contribution in [3.63, 3.8) is 0 Å². The highest BCUT2D eigenvalue weighted by Crippen LogP contribution is 2.29. The molecule has 1 aliphatic rings. The SMILES string of the molecule is CC1COCCN1c1nc(-c2ccc(NC(=O)NCC(F)(F)F)cc2)nc(-c2ccccc2S(C)(=O)=O)n1. The number of sulfone groups is 1. The second-order valence-corrected chi connectivity index (χ2v) is 10.7. The van der Waals surface area contributed by atoms with Crippen molar-refractivity contribution in [1.29, 1.82) is 0 Å². The fourth-order valence-corrected chi connectivity index (χ4v) is 4.68. The third kappa shape index (κ3) is 6.75. The maximum atomic E-state index is 12.4. The first-order chi connectivity index (χ1) is 17.9. The number of carbonyl (C=O) groups excluding carboxylic acids is 1. The summed E-state index contributed by atoms with van der Waals surface area (Å²) in [5, 5.41) is 4.07. The maximum Gasteiger partial charge on any atom is 0.405 e. The van der Waals surface area contributed by atoms with E-state index in [0.29, 0.717) is 36.8 Å². The normalized spacial score (nSPS) is 16.2. The number of nitrogens with zero attached hydrogens (tertiary/aromatic N) is 4. The lowest BCUT2D eigenvalue weighted by Crippen LogP contribution is -2.44. The summed E-state index contributed by atoms with van der Waals surface area (Å²) in [6.45, 7) is 1.96. The van der Waals surface area contributed by atoms with Crippen LogP contribution in [-0.2, 0) is 14.6 Å². The second kappa shape index (κ2) is 10.9. The summed E-state index contributed by atoms with van der Waals surface area (Å²) in [6, 6.07) is 11.5. The van der Waals surface area contributed by atoms with E-state index >= 15 is 0 Å². The monoisotopic (exact) mass is 550 g/mol. The molecule has 0 radical (unpaired) electrons. The second-order valence-electron chi connectivity index (χ2n) is 8.67. The predicted molar refractivity (Wildman–Crippen MR) is 135 cm³/mol. The Morgan fingerprint density at radius 1 is 1.08 bits per heavy atom. The van der Waals surface area contributed by atoms with Gasteiger partial charge in [-0.25, -0.2) is 18.2 Å². The summed E-state index contributed by atoms with van der Waals surface area (Å²) >= 11 is 0. The molecule has 202 valence electrons. The van der Waals surface area contributed by atoms with Gasteiger partial charge in [0.05, 0.1) is 24.2 Å². The average molecular weight is 551 g/mol. The van der Waals surface area contributed by atoms with E-state index in [0.717, 1.165) is 6.26 Å². The van der Waals surface area contributed by atoms with Crippen LogP contribution in [-0.4, -0.2) is 74.2 Å². The van der Waals surface area contributed by atoms with Crippen LogP contribution in [0.2, 0.25) is 0 Å². The van der Waals surface area contributed by atoms with Gasteiger partial charge in [-0.05, 0) is 43.3 Å². The maximum absolute atomic E-state index is 12.4. The smallest absolute Gasteiger partial charge is 0.377 e. The molecule has 0 spiro atoms. The van der Waals surface area contributed by atoms with E-state index in [4.69, 9.17) is 4.74 Å². The Morgan fingerprint density at radius 3 is 2.42 bits per heavy atom. The van der Waals surface area contributed by atoms with Gasteiger partial charge in [0, 0.05) is 29.6 Å². The van der Waals surface area contributed by atoms with Crippen molar-refractivity contribution in [1.82, 2.24) is 20.3 Å². The molecule has 2 aromatic carbocycles.